The first kappa shape index (κ1) is 32.2. The molecule has 2 aliphatic carbocycles. The van der Waals surface area contributed by atoms with Gasteiger partial charge in [-0.25, -0.2) is 0 Å². The molecule has 3 aromatic rings. The second-order valence-electron chi connectivity index (χ2n) is 19.2. The maximum Gasteiger partial charge on any atom is 0.252 e. The number of anilines is 4. The summed E-state index contributed by atoms with van der Waals surface area (Å²) in [5.41, 5.74) is 18.5. The minimum atomic E-state index is 0.0945. The Hall–Kier alpha value is -2.68. The average molecular weight is 653 g/mol. The molecule has 4 aliphatic heterocycles. The summed E-state index contributed by atoms with van der Waals surface area (Å²) >= 11 is 0. The second-order valence-corrected chi connectivity index (χ2v) is 19.2. The predicted octanol–water partition coefficient (Wildman–Crippen LogP) is 10.5. The number of fused-ring (bicyclic) bond motifs is 10. The molecule has 3 aromatic carbocycles. The van der Waals surface area contributed by atoms with E-state index >= 15 is 0 Å². The Labute approximate surface area is 298 Å². The normalized spacial score (nSPS) is 30.5. The molecule has 4 atom stereocenters. The number of nitrogens with zero attached hydrogens (tertiary/aromatic N) is 2. The zero-order chi connectivity index (χ0) is 34.5. The fraction of sp³-hybridized carbons (Fsp3) is 0.609. The maximum absolute atomic E-state index is 3.02. The van der Waals surface area contributed by atoms with Crippen LogP contribution >= 0.6 is 0 Å². The molecule has 2 fully saturated rings. The minimum Gasteiger partial charge on any atom is -0.335 e. The molecule has 9 rings (SSSR count). The highest BCUT2D eigenvalue weighted by Crippen LogP contribution is 2.68. The van der Waals surface area contributed by atoms with E-state index < -0.39 is 0 Å². The Morgan fingerprint density at radius 1 is 0.551 bits per heavy atom. The SMILES string of the molecule is CCC12CCCCC1(CC)N1c3cccc4c3B(c3ccc(C(C)(C)C)c2c31)c1ccc(C(C)(C)C)c2c1N4C1(CC)CCCCC21CC. The number of hydrogen-bond acceptors (Lipinski definition) is 2. The van der Waals surface area contributed by atoms with Crippen LogP contribution in [0.4, 0.5) is 22.7 Å². The van der Waals surface area contributed by atoms with Crippen LogP contribution in [0.3, 0.4) is 0 Å². The van der Waals surface area contributed by atoms with E-state index in [1.165, 1.54) is 88.4 Å². The zero-order valence-electron chi connectivity index (χ0n) is 32.5. The van der Waals surface area contributed by atoms with E-state index in [-0.39, 0.29) is 39.5 Å². The third-order valence-corrected chi connectivity index (χ3v) is 15.8. The van der Waals surface area contributed by atoms with Crippen LogP contribution < -0.4 is 26.2 Å². The lowest BCUT2D eigenvalue weighted by Gasteiger charge is -2.57. The van der Waals surface area contributed by atoms with E-state index in [0.717, 1.165) is 0 Å². The van der Waals surface area contributed by atoms with E-state index in [4.69, 9.17) is 0 Å². The van der Waals surface area contributed by atoms with Crippen molar-refractivity contribution in [3.8, 4) is 0 Å². The molecule has 258 valence electrons. The largest absolute Gasteiger partial charge is 0.335 e. The van der Waals surface area contributed by atoms with E-state index in [1.54, 1.807) is 50.0 Å². The maximum atomic E-state index is 3.02. The van der Waals surface area contributed by atoms with E-state index in [9.17, 15) is 0 Å². The lowest BCUT2D eigenvalue weighted by atomic mass is 9.33. The fourth-order valence-electron chi connectivity index (χ4n) is 13.9. The molecule has 3 heteroatoms. The Bertz CT molecular complexity index is 1760. The van der Waals surface area contributed by atoms with Gasteiger partial charge in [0.1, 0.15) is 0 Å². The Morgan fingerprint density at radius 2 is 0.959 bits per heavy atom. The van der Waals surface area contributed by atoms with Crippen LogP contribution in [0.15, 0.2) is 42.5 Å². The van der Waals surface area contributed by atoms with Gasteiger partial charge in [-0.05, 0) is 113 Å². The summed E-state index contributed by atoms with van der Waals surface area (Å²) in [5.74, 6) is 0. The van der Waals surface area contributed by atoms with Gasteiger partial charge in [-0.2, -0.15) is 0 Å². The van der Waals surface area contributed by atoms with Crippen molar-refractivity contribution in [3.63, 3.8) is 0 Å². The van der Waals surface area contributed by atoms with Crippen LogP contribution in [0.2, 0.25) is 0 Å². The van der Waals surface area contributed by atoms with E-state index in [2.05, 4.69) is 122 Å². The molecule has 49 heavy (non-hydrogen) atoms. The summed E-state index contributed by atoms with van der Waals surface area (Å²) in [6, 6.07) is 18.0. The van der Waals surface area contributed by atoms with Gasteiger partial charge in [0.15, 0.2) is 0 Å². The molecule has 0 bridgehead atoms. The van der Waals surface area contributed by atoms with Gasteiger partial charge in [0.25, 0.3) is 6.71 Å². The number of benzene rings is 3. The van der Waals surface area contributed by atoms with Crippen molar-refractivity contribution in [2.75, 3.05) is 9.80 Å². The summed E-state index contributed by atoms with van der Waals surface area (Å²) in [4.78, 5) is 6.03. The fourth-order valence-corrected chi connectivity index (χ4v) is 13.9. The Morgan fingerprint density at radius 3 is 1.33 bits per heavy atom. The zero-order valence-corrected chi connectivity index (χ0v) is 32.5. The summed E-state index contributed by atoms with van der Waals surface area (Å²) in [5, 5.41) is 0. The third-order valence-electron chi connectivity index (χ3n) is 15.8. The molecule has 6 aliphatic rings. The van der Waals surface area contributed by atoms with Crippen LogP contribution in [0.5, 0.6) is 0 Å². The third kappa shape index (κ3) is 3.44. The molecule has 0 aromatic heterocycles. The van der Waals surface area contributed by atoms with Crippen LogP contribution in [-0.2, 0) is 21.7 Å². The van der Waals surface area contributed by atoms with Crippen molar-refractivity contribution < 1.29 is 0 Å². The molecule has 0 radical (unpaired) electrons. The van der Waals surface area contributed by atoms with Crippen molar-refractivity contribution in [3.05, 3.63) is 64.7 Å². The van der Waals surface area contributed by atoms with Crippen molar-refractivity contribution in [1.29, 1.82) is 0 Å². The lowest BCUT2D eigenvalue weighted by molar-refractivity contribution is 0.145. The van der Waals surface area contributed by atoms with Crippen LogP contribution in [0.25, 0.3) is 0 Å². The monoisotopic (exact) mass is 652 g/mol. The van der Waals surface area contributed by atoms with Crippen LogP contribution in [0.1, 0.15) is 169 Å². The standard InChI is InChI=1S/C46H61BN2/c1-11-43-26-15-17-28-45(43,13-3)48-34-20-19-21-35-38(34)47(32-24-22-30(41(5,6)7)36(43)39(32)48)33-25-23-31(42(8,9)10)37-40(33)49(35)46(14-4)29-18-16-27-44(37,46)12-2/h19-25H,11-18,26-29H2,1-10H3. The number of hydrogen-bond donors (Lipinski definition) is 0. The smallest absolute Gasteiger partial charge is 0.252 e. The molecule has 2 saturated carbocycles. The van der Waals surface area contributed by atoms with Gasteiger partial charge in [0.2, 0.25) is 0 Å². The quantitative estimate of drug-likeness (QED) is 0.259. The highest BCUT2D eigenvalue weighted by molar-refractivity contribution is 7.00. The molecule has 4 unspecified atom stereocenters. The van der Waals surface area contributed by atoms with Crippen LogP contribution in [0, 0.1) is 0 Å². The van der Waals surface area contributed by atoms with Crippen molar-refractivity contribution in [2.24, 2.45) is 0 Å². The molecule has 0 N–H and O–H groups in total. The van der Waals surface area contributed by atoms with Gasteiger partial charge < -0.3 is 9.80 Å². The van der Waals surface area contributed by atoms with Crippen molar-refractivity contribution >= 4 is 45.9 Å². The molecular formula is C46H61BN2. The van der Waals surface area contributed by atoms with Gasteiger partial charge in [0, 0.05) is 33.6 Å². The molecule has 4 heterocycles. The van der Waals surface area contributed by atoms with Gasteiger partial charge in [-0.3, -0.25) is 0 Å². The highest BCUT2D eigenvalue weighted by atomic mass is 15.3. The summed E-state index contributed by atoms with van der Waals surface area (Å²) < 4.78 is 0. The average Bonchev–Trinajstić information content (AvgIpc) is 3.52. The first-order valence-electron chi connectivity index (χ1n) is 20.4. The minimum absolute atomic E-state index is 0.0945. The second kappa shape index (κ2) is 10.0. The van der Waals surface area contributed by atoms with Gasteiger partial charge in [-0.15, -0.1) is 0 Å². The van der Waals surface area contributed by atoms with Gasteiger partial charge in [0.05, 0.1) is 11.1 Å². The van der Waals surface area contributed by atoms with Gasteiger partial charge in [-0.1, -0.05) is 125 Å². The predicted molar refractivity (Wildman–Crippen MR) is 213 cm³/mol. The Kier molecular flexibility index (Phi) is 6.59. The first-order chi connectivity index (χ1) is 23.3. The lowest BCUT2D eigenvalue weighted by Crippen LogP contribution is -2.67. The van der Waals surface area contributed by atoms with Crippen LogP contribution in [-0.4, -0.2) is 17.8 Å². The molecule has 2 nitrogen and oxygen atoms in total. The molecular weight excluding hydrogens is 591 g/mol. The molecule has 0 saturated heterocycles. The number of rotatable bonds is 4. The van der Waals surface area contributed by atoms with Crippen molar-refractivity contribution in [2.45, 2.75) is 179 Å². The first-order valence-corrected chi connectivity index (χ1v) is 20.4. The topological polar surface area (TPSA) is 6.48 Å². The Balaban J connectivity index is 1.45. The van der Waals surface area contributed by atoms with E-state index in [0.29, 0.717) is 0 Å². The van der Waals surface area contributed by atoms with Crippen molar-refractivity contribution in [1.82, 2.24) is 0 Å². The molecule has 0 amide bonds. The van der Waals surface area contributed by atoms with Gasteiger partial charge >= 0.3 is 0 Å². The summed E-state index contributed by atoms with van der Waals surface area (Å²) in [6.07, 6.45) is 15.4. The highest BCUT2D eigenvalue weighted by Gasteiger charge is 2.68. The summed E-state index contributed by atoms with van der Waals surface area (Å²) in [6.45, 7) is 25.2. The van der Waals surface area contributed by atoms with E-state index in [1.807, 2.05) is 0 Å². The summed E-state index contributed by atoms with van der Waals surface area (Å²) in [7, 11) is 0. The molecule has 0 spiro atoms.